The van der Waals surface area contributed by atoms with Crippen LogP contribution in [0.4, 0.5) is 11.5 Å². The van der Waals surface area contributed by atoms with Crippen molar-refractivity contribution in [2.45, 2.75) is 6.92 Å². The second-order valence-electron chi connectivity index (χ2n) is 8.20. The molecule has 0 bridgehead atoms. The molecule has 1 fully saturated rings. The van der Waals surface area contributed by atoms with E-state index >= 15 is 0 Å². The minimum atomic E-state index is -0.257. The van der Waals surface area contributed by atoms with Gasteiger partial charge < -0.3 is 24.8 Å². The van der Waals surface area contributed by atoms with E-state index in [9.17, 15) is 4.79 Å². The Kier molecular flexibility index (Phi) is 7.93. The smallest absolute Gasteiger partial charge is 0.290 e. The number of aryl methyl sites for hydroxylation is 1. The van der Waals surface area contributed by atoms with Crippen molar-refractivity contribution in [3.8, 4) is 11.3 Å². The van der Waals surface area contributed by atoms with Crippen molar-refractivity contribution < 1.29 is 24.2 Å². The summed E-state index contributed by atoms with van der Waals surface area (Å²) in [6, 6.07) is 11.4. The van der Waals surface area contributed by atoms with Crippen molar-refractivity contribution >= 4 is 29.4 Å². The van der Waals surface area contributed by atoms with Crippen molar-refractivity contribution in [2.24, 2.45) is 0 Å². The molecule has 1 amide bonds. The molecule has 188 valence electrons. The largest absolute Gasteiger partial charge is 0.483 e. The molecule has 5 heterocycles. The van der Waals surface area contributed by atoms with Gasteiger partial charge in [-0.2, -0.15) is 5.10 Å². The molecule has 4 aromatic rings. The summed E-state index contributed by atoms with van der Waals surface area (Å²) in [6.07, 6.45) is 5.05. The average Bonchev–Trinajstić information content (AvgIpc) is 3.52. The number of hydrogen-bond donors (Lipinski definition) is 3. The number of carbonyl (C=O) groups is 2. The minimum absolute atomic E-state index is 0.183. The number of aliphatic hydroxyl groups is 1. The van der Waals surface area contributed by atoms with E-state index in [2.05, 4.69) is 25.2 Å². The Labute approximate surface area is 207 Å². The number of carbonyl (C=O) groups excluding carboxylic acids is 1. The first-order chi connectivity index (χ1) is 17.5. The summed E-state index contributed by atoms with van der Waals surface area (Å²) in [6.45, 7) is 6.03. The number of aliphatic hydroxyl groups excluding tert-OH is 1. The number of piperazine rings is 1. The van der Waals surface area contributed by atoms with Gasteiger partial charge in [-0.15, -0.1) is 0 Å². The van der Waals surface area contributed by atoms with E-state index in [1.54, 1.807) is 16.9 Å². The highest BCUT2D eigenvalue weighted by molar-refractivity contribution is 6.10. The second kappa shape index (κ2) is 11.5. The van der Waals surface area contributed by atoms with Gasteiger partial charge in [0, 0.05) is 44.5 Å². The Balaban J connectivity index is 0.000000967. The number of β-amino-alcohol motifs (C(OH)–C–C–N with tert-alkyl or cyclic N) is 1. The molecular formula is C25H28N6O5. The summed E-state index contributed by atoms with van der Waals surface area (Å²) < 4.78 is 7.47. The van der Waals surface area contributed by atoms with Crippen LogP contribution in [0.2, 0.25) is 0 Å². The number of carboxylic acid groups (broad SMARTS) is 1. The highest BCUT2D eigenvalue weighted by Crippen LogP contribution is 2.29. The van der Waals surface area contributed by atoms with E-state index in [0.717, 1.165) is 43.3 Å². The molecule has 0 spiro atoms. The summed E-state index contributed by atoms with van der Waals surface area (Å²) >= 11 is 0. The van der Waals surface area contributed by atoms with Crippen LogP contribution in [0.5, 0.6) is 0 Å². The molecule has 0 radical (unpaired) electrons. The monoisotopic (exact) mass is 492 g/mol. The zero-order valence-corrected chi connectivity index (χ0v) is 19.9. The summed E-state index contributed by atoms with van der Waals surface area (Å²) in [7, 11) is 0. The van der Waals surface area contributed by atoms with Crippen LogP contribution in [0.25, 0.3) is 16.8 Å². The minimum Gasteiger partial charge on any atom is -0.483 e. The number of furan rings is 1. The Morgan fingerprint density at radius 3 is 2.56 bits per heavy atom. The fraction of sp³-hybridized carbons (Fsp3) is 0.280. The standard InChI is InChI=1S/C24H26N6O3.CH2O2/c1-17-4-6-21(33-17)19-3-2-8-30-23(19)20(16-26-30)24(32)27-18-5-7-22(25-15-18)29-11-9-28(10-12-29)13-14-31;2-1-3/h2-8,15-16,31H,9-14H2,1H3,(H,27,32);1H,(H,2,3). The molecule has 36 heavy (non-hydrogen) atoms. The van der Waals surface area contributed by atoms with Crippen LogP contribution in [0.1, 0.15) is 16.1 Å². The molecule has 11 nitrogen and oxygen atoms in total. The summed E-state index contributed by atoms with van der Waals surface area (Å²) in [4.78, 5) is 30.5. The van der Waals surface area contributed by atoms with E-state index in [-0.39, 0.29) is 19.0 Å². The number of aromatic nitrogens is 3. The van der Waals surface area contributed by atoms with Gasteiger partial charge in [0.1, 0.15) is 17.3 Å². The zero-order valence-electron chi connectivity index (χ0n) is 19.9. The lowest BCUT2D eigenvalue weighted by Crippen LogP contribution is -2.47. The first-order valence-corrected chi connectivity index (χ1v) is 11.5. The first-order valence-electron chi connectivity index (χ1n) is 11.5. The Morgan fingerprint density at radius 2 is 1.92 bits per heavy atom. The fourth-order valence-electron chi connectivity index (χ4n) is 4.18. The molecule has 0 aliphatic carbocycles. The van der Waals surface area contributed by atoms with E-state index in [0.29, 0.717) is 29.1 Å². The molecule has 11 heteroatoms. The van der Waals surface area contributed by atoms with E-state index in [1.807, 2.05) is 49.5 Å². The van der Waals surface area contributed by atoms with Crippen LogP contribution < -0.4 is 10.2 Å². The average molecular weight is 493 g/mol. The lowest BCUT2D eigenvalue weighted by molar-refractivity contribution is -0.122. The van der Waals surface area contributed by atoms with Crippen LogP contribution >= 0.6 is 0 Å². The summed E-state index contributed by atoms with van der Waals surface area (Å²) in [5, 5.41) is 23.3. The van der Waals surface area contributed by atoms with Gasteiger partial charge in [0.2, 0.25) is 0 Å². The van der Waals surface area contributed by atoms with Crippen LogP contribution in [-0.2, 0) is 4.79 Å². The SMILES string of the molecule is Cc1ccc(-c2cccn3ncc(C(=O)Nc4ccc(N5CCN(CCO)CC5)nc4)c23)o1.O=CO. The van der Waals surface area contributed by atoms with Crippen molar-refractivity contribution in [2.75, 3.05) is 49.5 Å². The maximum absolute atomic E-state index is 13.1. The molecular weight excluding hydrogens is 464 g/mol. The Morgan fingerprint density at radius 1 is 1.14 bits per heavy atom. The molecule has 1 aliphatic rings. The molecule has 0 saturated carbocycles. The first kappa shape index (κ1) is 24.9. The normalized spacial score (nSPS) is 13.8. The molecule has 0 aromatic carbocycles. The molecule has 1 aliphatic heterocycles. The van der Waals surface area contributed by atoms with E-state index in [4.69, 9.17) is 19.4 Å². The van der Waals surface area contributed by atoms with Gasteiger partial charge in [0.05, 0.1) is 35.8 Å². The van der Waals surface area contributed by atoms with Gasteiger partial charge in [-0.05, 0) is 43.3 Å². The second-order valence-corrected chi connectivity index (χ2v) is 8.20. The van der Waals surface area contributed by atoms with Crippen LogP contribution in [-0.4, -0.2) is 81.4 Å². The highest BCUT2D eigenvalue weighted by Gasteiger charge is 2.20. The van der Waals surface area contributed by atoms with Crippen LogP contribution in [0, 0.1) is 6.92 Å². The number of pyridine rings is 2. The van der Waals surface area contributed by atoms with Crippen molar-refractivity contribution in [1.29, 1.82) is 0 Å². The lowest BCUT2D eigenvalue weighted by Gasteiger charge is -2.35. The molecule has 5 rings (SSSR count). The topological polar surface area (TPSA) is 136 Å². The highest BCUT2D eigenvalue weighted by atomic mass is 16.3. The number of rotatable bonds is 6. The van der Waals surface area contributed by atoms with Gasteiger partial charge >= 0.3 is 0 Å². The van der Waals surface area contributed by atoms with Crippen molar-refractivity contribution in [1.82, 2.24) is 19.5 Å². The van der Waals surface area contributed by atoms with Gasteiger partial charge in [0.15, 0.2) is 0 Å². The van der Waals surface area contributed by atoms with E-state index < -0.39 is 0 Å². The number of hydrogen-bond acceptors (Lipinski definition) is 8. The zero-order chi connectivity index (χ0) is 25.5. The molecule has 0 unspecified atom stereocenters. The van der Waals surface area contributed by atoms with Crippen molar-refractivity contribution in [3.05, 3.63) is 66.3 Å². The molecule has 0 atom stereocenters. The number of nitrogens with zero attached hydrogens (tertiary/aromatic N) is 5. The maximum Gasteiger partial charge on any atom is 0.290 e. The molecule has 3 N–H and O–H groups in total. The number of fused-ring (bicyclic) bond motifs is 1. The maximum atomic E-state index is 13.1. The Bertz CT molecular complexity index is 1310. The third-order valence-electron chi connectivity index (χ3n) is 5.91. The fourth-order valence-corrected chi connectivity index (χ4v) is 4.18. The third kappa shape index (κ3) is 5.53. The third-order valence-corrected chi connectivity index (χ3v) is 5.91. The molecule has 4 aromatic heterocycles. The van der Waals surface area contributed by atoms with Crippen molar-refractivity contribution in [3.63, 3.8) is 0 Å². The number of anilines is 2. The number of nitrogens with one attached hydrogen (secondary N) is 1. The van der Waals surface area contributed by atoms with Gasteiger partial charge in [-0.1, -0.05) is 0 Å². The summed E-state index contributed by atoms with van der Waals surface area (Å²) in [5.41, 5.74) is 2.58. The van der Waals surface area contributed by atoms with E-state index in [1.165, 1.54) is 0 Å². The Hall–Kier alpha value is -4.22. The molecule has 1 saturated heterocycles. The number of amides is 1. The summed E-state index contributed by atoms with van der Waals surface area (Å²) in [5.74, 6) is 2.12. The lowest BCUT2D eigenvalue weighted by atomic mass is 10.1. The van der Waals surface area contributed by atoms with Crippen LogP contribution in [0.3, 0.4) is 0 Å². The predicted molar refractivity (Wildman–Crippen MR) is 134 cm³/mol. The van der Waals surface area contributed by atoms with Gasteiger partial charge in [-0.3, -0.25) is 14.5 Å². The van der Waals surface area contributed by atoms with Gasteiger partial charge in [0.25, 0.3) is 12.4 Å². The van der Waals surface area contributed by atoms with Gasteiger partial charge in [-0.25, -0.2) is 9.50 Å². The predicted octanol–water partition coefficient (Wildman–Crippen LogP) is 2.37. The quantitative estimate of drug-likeness (QED) is 0.347. The van der Waals surface area contributed by atoms with Crippen LogP contribution in [0.15, 0.2) is 59.4 Å².